The molecule has 0 aliphatic rings. The van der Waals surface area contributed by atoms with Crippen LogP contribution >= 0.6 is 0 Å². The van der Waals surface area contributed by atoms with E-state index in [0.717, 1.165) is 51.0 Å². The van der Waals surface area contributed by atoms with Gasteiger partial charge in [-0.15, -0.1) is 0 Å². The van der Waals surface area contributed by atoms with Gasteiger partial charge in [0, 0.05) is 5.56 Å². The number of nitrogens with zero attached hydrogens (tertiary/aromatic N) is 1. The molecule has 2 N–H and O–H groups in total. The highest BCUT2D eigenvalue weighted by atomic mass is 16.5. The normalized spacial score (nSPS) is 12.9. The number of aromatic nitrogens is 2. The van der Waals surface area contributed by atoms with E-state index in [0.29, 0.717) is 24.1 Å². The van der Waals surface area contributed by atoms with E-state index in [-0.39, 0.29) is 0 Å². The summed E-state index contributed by atoms with van der Waals surface area (Å²) in [7, 11) is 1.66. The lowest BCUT2D eigenvalue weighted by Crippen LogP contribution is -2.13. The molecular weight excluding hydrogens is 440 g/mol. The molecule has 0 fully saturated rings. The molecule has 6 heteroatoms. The molecule has 2 unspecified atom stereocenters. The minimum atomic E-state index is -0.961. The smallest absolute Gasteiger partial charge is 0.202 e. The molecule has 0 saturated heterocycles. The molecule has 0 bridgehead atoms. The first kappa shape index (κ1) is 24.4. The number of rotatable bonds is 9. The fraction of sp³-hybridized carbons (Fsp3) is 0.276. The number of para-hydroxylation sites is 1. The first-order chi connectivity index (χ1) is 16.9. The molecular formula is C29H30N2O4. The Kier molecular flexibility index (Phi) is 7.12. The third-order valence-electron chi connectivity index (χ3n) is 6.56. The first-order valence-electron chi connectivity index (χ1n) is 11.8. The highest BCUT2D eigenvalue weighted by Crippen LogP contribution is 2.38. The third kappa shape index (κ3) is 4.62. The lowest BCUT2D eigenvalue weighted by molar-refractivity contribution is -0.131. The van der Waals surface area contributed by atoms with Crippen LogP contribution in [0, 0.1) is 13.8 Å². The lowest BCUT2D eigenvalue weighted by atomic mass is 9.90. The van der Waals surface area contributed by atoms with E-state index >= 15 is 0 Å². The molecule has 0 amide bonds. The average Bonchev–Trinajstić information content (AvgIpc) is 3.31. The van der Waals surface area contributed by atoms with Gasteiger partial charge in [-0.25, -0.2) is 4.98 Å². The number of ether oxygens (including phenoxy) is 1. The summed E-state index contributed by atoms with van der Waals surface area (Å²) >= 11 is 0. The summed E-state index contributed by atoms with van der Waals surface area (Å²) in [4.78, 5) is 31.1. The van der Waals surface area contributed by atoms with Gasteiger partial charge in [0.2, 0.25) is 5.78 Å². The SMILES string of the molecule is CCCC(C(=O)C=O)c1ccc(C(O)c2nc3c(C)c(-c4ccccc4OC)c(C)cc3[nH]2)cc1. The highest BCUT2D eigenvalue weighted by Gasteiger charge is 2.22. The number of aromatic amines is 1. The molecule has 4 aromatic rings. The van der Waals surface area contributed by atoms with Gasteiger partial charge in [-0.3, -0.25) is 9.59 Å². The molecule has 1 heterocycles. The predicted octanol–water partition coefficient (Wildman–Crippen LogP) is 5.59. The Morgan fingerprint density at radius 3 is 2.46 bits per heavy atom. The van der Waals surface area contributed by atoms with E-state index in [1.54, 1.807) is 31.4 Å². The fourth-order valence-corrected chi connectivity index (χ4v) is 4.81. The summed E-state index contributed by atoms with van der Waals surface area (Å²) in [5, 5.41) is 11.1. The largest absolute Gasteiger partial charge is 0.496 e. The maximum Gasteiger partial charge on any atom is 0.202 e. The fourth-order valence-electron chi connectivity index (χ4n) is 4.81. The topological polar surface area (TPSA) is 92.3 Å². The Morgan fingerprint density at radius 1 is 1.11 bits per heavy atom. The summed E-state index contributed by atoms with van der Waals surface area (Å²) in [5.41, 5.74) is 7.22. The van der Waals surface area contributed by atoms with Crippen molar-refractivity contribution in [3.05, 3.63) is 82.7 Å². The molecule has 35 heavy (non-hydrogen) atoms. The molecule has 0 aliphatic heterocycles. The van der Waals surface area contributed by atoms with Crippen LogP contribution in [0.1, 0.15) is 59.9 Å². The highest BCUT2D eigenvalue weighted by molar-refractivity contribution is 6.27. The van der Waals surface area contributed by atoms with Crippen molar-refractivity contribution in [2.45, 2.75) is 45.6 Å². The first-order valence-corrected chi connectivity index (χ1v) is 11.8. The van der Waals surface area contributed by atoms with Crippen LogP contribution in [-0.2, 0) is 9.59 Å². The average molecular weight is 471 g/mol. The molecule has 6 nitrogen and oxygen atoms in total. The number of aliphatic hydroxyl groups excluding tert-OH is 1. The number of carbonyl (C=O) groups excluding carboxylic acids is 2. The van der Waals surface area contributed by atoms with Crippen molar-refractivity contribution < 1.29 is 19.4 Å². The molecule has 0 saturated carbocycles. The number of nitrogens with one attached hydrogen (secondary N) is 1. The van der Waals surface area contributed by atoms with Gasteiger partial charge in [0.25, 0.3) is 0 Å². The number of ketones is 1. The van der Waals surface area contributed by atoms with Gasteiger partial charge in [0.05, 0.1) is 24.1 Å². The van der Waals surface area contributed by atoms with E-state index in [1.807, 2.05) is 44.2 Å². The van der Waals surface area contributed by atoms with Crippen LogP contribution in [-0.4, -0.2) is 34.3 Å². The second-order valence-electron chi connectivity index (χ2n) is 8.84. The molecule has 0 aliphatic carbocycles. The van der Waals surface area contributed by atoms with Gasteiger partial charge in [-0.2, -0.15) is 0 Å². The Morgan fingerprint density at radius 2 is 1.80 bits per heavy atom. The van der Waals surface area contributed by atoms with Crippen molar-refractivity contribution in [2.75, 3.05) is 7.11 Å². The summed E-state index contributed by atoms with van der Waals surface area (Å²) in [6.07, 6.45) is 0.831. The van der Waals surface area contributed by atoms with Crippen LogP contribution in [0.4, 0.5) is 0 Å². The zero-order valence-electron chi connectivity index (χ0n) is 20.5. The lowest BCUT2D eigenvalue weighted by Gasteiger charge is -2.14. The Bertz CT molecular complexity index is 1370. The van der Waals surface area contributed by atoms with Crippen LogP contribution in [0.15, 0.2) is 54.6 Å². The number of fused-ring (bicyclic) bond motifs is 1. The summed E-state index contributed by atoms with van der Waals surface area (Å²) in [6, 6.07) is 17.1. The van der Waals surface area contributed by atoms with Crippen LogP contribution in [0.2, 0.25) is 0 Å². The van der Waals surface area contributed by atoms with Crippen LogP contribution in [0.3, 0.4) is 0 Å². The monoisotopic (exact) mass is 470 g/mol. The number of carbonyl (C=O) groups is 2. The van der Waals surface area contributed by atoms with Gasteiger partial charge in [-0.05, 0) is 60.2 Å². The molecule has 4 rings (SSSR count). The van der Waals surface area contributed by atoms with Crippen molar-refractivity contribution in [1.29, 1.82) is 0 Å². The molecule has 180 valence electrons. The summed E-state index contributed by atoms with van der Waals surface area (Å²) in [5.74, 6) is 0.368. The number of aliphatic hydroxyl groups is 1. The maximum absolute atomic E-state index is 12.0. The number of H-pyrrole nitrogens is 1. The third-order valence-corrected chi connectivity index (χ3v) is 6.56. The van der Waals surface area contributed by atoms with Crippen molar-refractivity contribution >= 4 is 23.1 Å². The van der Waals surface area contributed by atoms with E-state index in [1.165, 1.54) is 0 Å². The Hall–Kier alpha value is -3.77. The molecule has 0 spiro atoms. The number of hydrogen-bond donors (Lipinski definition) is 2. The van der Waals surface area contributed by atoms with Gasteiger partial charge in [0.1, 0.15) is 17.7 Å². The van der Waals surface area contributed by atoms with Gasteiger partial charge in [-0.1, -0.05) is 55.8 Å². The summed E-state index contributed by atoms with van der Waals surface area (Å²) in [6.45, 7) is 6.06. The minimum absolute atomic E-state index is 0.390. The van der Waals surface area contributed by atoms with Crippen molar-refractivity contribution in [3.63, 3.8) is 0 Å². The standard InChI is InChI=1S/C29H30N2O4/c1-5-8-21(24(33)16-32)19-11-13-20(14-12-19)28(34)29-30-23-15-17(2)26(18(3)27(23)31-29)22-9-6-7-10-25(22)35-4/h6-7,9-16,21,28,34H,5,8H2,1-4H3,(H,30,31). The van der Waals surface area contributed by atoms with Crippen LogP contribution < -0.4 is 4.74 Å². The second kappa shape index (κ2) is 10.2. The summed E-state index contributed by atoms with van der Waals surface area (Å²) < 4.78 is 5.58. The minimum Gasteiger partial charge on any atom is -0.496 e. The van der Waals surface area contributed by atoms with E-state index in [4.69, 9.17) is 9.72 Å². The number of hydrogen-bond acceptors (Lipinski definition) is 5. The molecule has 1 aromatic heterocycles. The maximum atomic E-state index is 12.0. The van der Waals surface area contributed by atoms with Crippen LogP contribution in [0.25, 0.3) is 22.2 Å². The van der Waals surface area contributed by atoms with Crippen LogP contribution in [0.5, 0.6) is 5.75 Å². The molecule has 3 aromatic carbocycles. The number of benzene rings is 3. The number of aryl methyl sites for hydroxylation is 2. The van der Waals surface area contributed by atoms with Crippen molar-refractivity contribution in [3.8, 4) is 16.9 Å². The number of Topliss-reactive ketones (excluding diaryl/α,β-unsaturated/α-hetero) is 1. The number of methoxy groups -OCH3 is 1. The Balaban J connectivity index is 1.70. The second-order valence-corrected chi connectivity index (χ2v) is 8.84. The van der Waals surface area contributed by atoms with Gasteiger partial charge in [0.15, 0.2) is 6.29 Å². The Labute approximate surface area is 205 Å². The number of imidazole rings is 1. The van der Waals surface area contributed by atoms with E-state index in [2.05, 4.69) is 11.9 Å². The van der Waals surface area contributed by atoms with E-state index in [9.17, 15) is 14.7 Å². The van der Waals surface area contributed by atoms with Gasteiger partial charge >= 0.3 is 0 Å². The quantitative estimate of drug-likeness (QED) is 0.246. The number of aldehydes is 1. The zero-order chi connectivity index (χ0) is 25.1. The zero-order valence-corrected chi connectivity index (χ0v) is 20.5. The molecule has 2 atom stereocenters. The van der Waals surface area contributed by atoms with Crippen molar-refractivity contribution in [2.24, 2.45) is 0 Å². The molecule has 0 radical (unpaired) electrons. The predicted molar refractivity (Wildman–Crippen MR) is 137 cm³/mol. The van der Waals surface area contributed by atoms with E-state index < -0.39 is 17.8 Å². The van der Waals surface area contributed by atoms with Crippen molar-refractivity contribution in [1.82, 2.24) is 9.97 Å². The van der Waals surface area contributed by atoms with Gasteiger partial charge < -0.3 is 14.8 Å².